The normalized spacial score (nSPS) is 14.1. The monoisotopic (exact) mass is 271 g/mol. The molecule has 0 spiro atoms. The number of nitrogen functional groups attached to an aromatic ring is 1. The number of nitrogens with two attached hydrogens (primary N) is 1. The van der Waals surface area contributed by atoms with Crippen molar-refractivity contribution in [2.45, 2.75) is 39.0 Å². The summed E-state index contributed by atoms with van der Waals surface area (Å²) in [6.45, 7) is 2.83. The van der Waals surface area contributed by atoms with Crippen LogP contribution in [0.3, 0.4) is 0 Å². The van der Waals surface area contributed by atoms with Gasteiger partial charge < -0.3 is 10.2 Å². The molecule has 0 amide bonds. The summed E-state index contributed by atoms with van der Waals surface area (Å²) < 4.78 is 5.71. The number of benzene rings is 1. The van der Waals surface area contributed by atoms with Crippen molar-refractivity contribution in [1.29, 1.82) is 0 Å². The number of ether oxygens (including phenoxy) is 1. The number of pyridine rings is 1. The number of fused-ring (bicyclic) bond motifs is 2. The molecule has 1 aromatic heterocycles. The molecule has 0 saturated carbocycles. The molecular weight excluding hydrogens is 250 g/mol. The molecule has 1 aliphatic rings. The second-order valence-corrected chi connectivity index (χ2v) is 5.29. The molecule has 3 N–H and O–H groups in total. The molecule has 1 aromatic carbocycles. The van der Waals surface area contributed by atoms with Crippen LogP contribution in [-0.4, -0.2) is 11.6 Å². The van der Waals surface area contributed by atoms with E-state index in [1.54, 1.807) is 0 Å². The van der Waals surface area contributed by atoms with Crippen LogP contribution in [0.25, 0.3) is 10.9 Å². The molecule has 0 aliphatic heterocycles. The second kappa shape index (κ2) is 5.67. The largest absolute Gasteiger partial charge is 0.494 e. The molecule has 0 bridgehead atoms. The lowest BCUT2D eigenvalue weighted by Crippen LogP contribution is -2.15. The Balaban J connectivity index is 2.12. The van der Waals surface area contributed by atoms with Gasteiger partial charge in [0, 0.05) is 11.1 Å². The zero-order valence-electron chi connectivity index (χ0n) is 11.9. The molecule has 0 radical (unpaired) electrons. The lowest BCUT2D eigenvalue weighted by molar-refractivity contribution is 0.318. The maximum absolute atomic E-state index is 5.77. The fraction of sp³-hybridized carbons (Fsp3) is 0.438. The van der Waals surface area contributed by atoms with Crippen molar-refractivity contribution < 1.29 is 4.74 Å². The summed E-state index contributed by atoms with van der Waals surface area (Å²) in [7, 11) is 0. The Morgan fingerprint density at radius 1 is 1.30 bits per heavy atom. The third-order valence-corrected chi connectivity index (χ3v) is 3.85. The van der Waals surface area contributed by atoms with Crippen molar-refractivity contribution in [3.05, 3.63) is 29.5 Å². The Labute approximate surface area is 119 Å². The van der Waals surface area contributed by atoms with Crippen molar-refractivity contribution in [3.8, 4) is 5.75 Å². The Bertz CT molecular complexity index is 625. The van der Waals surface area contributed by atoms with Crippen LogP contribution >= 0.6 is 0 Å². The van der Waals surface area contributed by atoms with Crippen LogP contribution in [0.4, 0.5) is 5.69 Å². The van der Waals surface area contributed by atoms with Gasteiger partial charge in [-0.2, -0.15) is 0 Å². The summed E-state index contributed by atoms with van der Waals surface area (Å²) in [4.78, 5) is 4.79. The van der Waals surface area contributed by atoms with Gasteiger partial charge >= 0.3 is 0 Å². The zero-order chi connectivity index (χ0) is 13.9. The van der Waals surface area contributed by atoms with E-state index >= 15 is 0 Å². The molecule has 1 heterocycles. The van der Waals surface area contributed by atoms with E-state index < -0.39 is 0 Å². The minimum absolute atomic E-state index is 0.731. The van der Waals surface area contributed by atoms with Gasteiger partial charge in [-0.3, -0.25) is 10.8 Å². The number of nitrogens with zero attached hydrogens (tertiary/aromatic N) is 1. The van der Waals surface area contributed by atoms with Crippen molar-refractivity contribution in [2.75, 3.05) is 12.0 Å². The topological polar surface area (TPSA) is 60.2 Å². The van der Waals surface area contributed by atoms with Gasteiger partial charge in [-0.25, -0.2) is 0 Å². The highest BCUT2D eigenvalue weighted by molar-refractivity contribution is 5.94. The van der Waals surface area contributed by atoms with Crippen LogP contribution in [0.5, 0.6) is 5.75 Å². The van der Waals surface area contributed by atoms with Crippen LogP contribution < -0.4 is 16.0 Å². The van der Waals surface area contributed by atoms with Crippen LogP contribution in [0.15, 0.2) is 18.2 Å². The lowest BCUT2D eigenvalue weighted by Gasteiger charge is -2.20. The highest BCUT2D eigenvalue weighted by Gasteiger charge is 2.17. The van der Waals surface area contributed by atoms with E-state index in [1.807, 2.05) is 18.2 Å². The minimum atomic E-state index is 0.731. The summed E-state index contributed by atoms with van der Waals surface area (Å²) in [5.74, 6) is 6.65. The molecule has 20 heavy (non-hydrogen) atoms. The molecule has 0 unspecified atom stereocenters. The first-order valence-electron chi connectivity index (χ1n) is 7.38. The lowest BCUT2D eigenvalue weighted by atomic mass is 9.93. The van der Waals surface area contributed by atoms with E-state index in [0.29, 0.717) is 0 Å². The van der Waals surface area contributed by atoms with Crippen LogP contribution in [0.2, 0.25) is 0 Å². The Kier molecular flexibility index (Phi) is 3.74. The molecule has 1 aliphatic carbocycles. The van der Waals surface area contributed by atoms with Crippen LogP contribution in [0.1, 0.15) is 37.4 Å². The van der Waals surface area contributed by atoms with Crippen LogP contribution in [-0.2, 0) is 12.8 Å². The number of hydrogen-bond acceptors (Lipinski definition) is 4. The molecule has 2 aromatic rings. The molecular formula is C16H21N3O. The Morgan fingerprint density at radius 2 is 2.15 bits per heavy atom. The van der Waals surface area contributed by atoms with E-state index in [9.17, 15) is 0 Å². The van der Waals surface area contributed by atoms with Gasteiger partial charge in [-0.05, 0) is 55.9 Å². The van der Waals surface area contributed by atoms with Gasteiger partial charge in [0.2, 0.25) is 0 Å². The van der Waals surface area contributed by atoms with Crippen molar-refractivity contribution in [3.63, 3.8) is 0 Å². The summed E-state index contributed by atoms with van der Waals surface area (Å²) in [6.07, 6.45) is 5.53. The summed E-state index contributed by atoms with van der Waals surface area (Å²) >= 11 is 0. The van der Waals surface area contributed by atoms with Gasteiger partial charge in [0.05, 0.1) is 17.8 Å². The molecule has 106 valence electrons. The Hall–Kier alpha value is -1.81. The molecule has 3 rings (SSSR count). The van der Waals surface area contributed by atoms with E-state index in [-0.39, 0.29) is 0 Å². The van der Waals surface area contributed by atoms with Crippen molar-refractivity contribution >= 4 is 16.6 Å². The van der Waals surface area contributed by atoms with E-state index in [1.165, 1.54) is 24.1 Å². The van der Waals surface area contributed by atoms with Gasteiger partial charge in [0.15, 0.2) is 0 Å². The zero-order valence-corrected chi connectivity index (χ0v) is 11.9. The predicted molar refractivity (Wildman–Crippen MR) is 82.0 cm³/mol. The maximum Gasteiger partial charge on any atom is 0.120 e. The first-order valence-corrected chi connectivity index (χ1v) is 7.38. The molecule has 0 saturated heterocycles. The van der Waals surface area contributed by atoms with E-state index in [2.05, 4.69) is 12.3 Å². The van der Waals surface area contributed by atoms with Gasteiger partial charge in [0.25, 0.3) is 0 Å². The summed E-state index contributed by atoms with van der Waals surface area (Å²) in [6, 6.07) is 6.05. The number of aryl methyl sites for hydroxylation is 1. The third kappa shape index (κ3) is 2.31. The van der Waals surface area contributed by atoms with E-state index in [0.717, 1.165) is 48.2 Å². The number of anilines is 1. The van der Waals surface area contributed by atoms with Gasteiger partial charge in [-0.15, -0.1) is 0 Å². The second-order valence-electron chi connectivity index (χ2n) is 5.29. The summed E-state index contributed by atoms with van der Waals surface area (Å²) in [5, 5.41) is 1.06. The van der Waals surface area contributed by atoms with Gasteiger partial charge in [-0.1, -0.05) is 6.92 Å². The number of nitrogens with one attached hydrogen (secondary N) is 1. The first-order chi connectivity index (χ1) is 9.83. The Morgan fingerprint density at radius 3 is 2.95 bits per heavy atom. The SMILES string of the molecule is CCCOc1ccc2nc3c(c(NN)c2c1)CCCC3. The summed E-state index contributed by atoms with van der Waals surface area (Å²) in [5.41, 5.74) is 7.36. The predicted octanol–water partition coefficient (Wildman–Crippen LogP) is 3.19. The van der Waals surface area contributed by atoms with Crippen LogP contribution in [0, 0.1) is 0 Å². The highest BCUT2D eigenvalue weighted by atomic mass is 16.5. The number of hydrogen-bond donors (Lipinski definition) is 2. The molecule has 0 atom stereocenters. The third-order valence-electron chi connectivity index (χ3n) is 3.85. The minimum Gasteiger partial charge on any atom is -0.494 e. The molecule has 4 heteroatoms. The smallest absolute Gasteiger partial charge is 0.120 e. The first kappa shape index (κ1) is 13.2. The van der Waals surface area contributed by atoms with Crippen molar-refractivity contribution in [1.82, 2.24) is 4.98 Å². The van der Waals surface area contributed by atoms with E-state index in [4.69, 9.17) is 15.6 Å². The fourth-order valence-electron chi connectivity index (χ4n) is 2.88. The molecule has 4 nitrogen and oxygen atoms in total. The average Bonchev–Trinajstić information content (AvgIpc) is 2.50. The van der Waals surface area contributed by atoms with Gasteiger partial charge in [0.1, 0.15) is 5.75 Å². The molecule has 0 fully saturated rings. The maximum atomic E-state index is 5.77. The quantitative estimate of drug-likeness (QED) is 0.662. The van der Waals surface area contributed by atoms with Crippen molar-refractivity contribution in [2.24, 2.45) is 5.84 Å². The number of aromatic nitrogens is 1. The number of hydrazine groups is 1. The number of rotatable bonds is 4. The standard InChI is InChI=1S/C16H21N3O/c1-2-9-20-11-7-8-15-13(10-11)16(19-17)12-5-3-4-6-14(12)18-15/h7-8,10H,2-6,9,17H2,1H3,(H,18,19). The average molecular weight is 271 g/mol. The highest BCUT2D eigenvalue weighted by Crippen LogP contribution is 2.34. The fourth-order valence-corrected chi connectivity index (χ4v) is 2.88.